The molecular formula is C16H30N2O3. The average molecular weight is 298 g/mol. The van der Waals surface area contributed by atoms with E-state index >= 15 is 0 Å². The van der Waals surface area contributed by atoms with Crippen molar-refractivity contribution in [3.63, 3.8) is 0 Å². The molecule has 5 nitrogen and oxygen atoms in total. The highest BCUT2D eigenvalue weighted by molar-refractivity contribution is 5.75. The third kappa shape index (κ3) is 6.36. The largest absolute Gasteiger partial charge is 0.481 e. The van der Waals surface area contributed by atoms with Crippen LogP contribution in [-0.2, 0) is 4.79 Å². The first-order chi connectivity index (χ1) is 10.1. The molecule has 0 spiro atoms. The zero-order valence-electron chi connectivity index (χ0n) is 13.4. The molecule has 2 amide bonds. The van der Waals surface area contributed by atoms with Gasteiger partial charge in [-0.15, -0.1) is 0 Å². The van der Waals surface area contributed by atoms with Gasteiger partial charge >= 0.3 is 12.0 Å². The monoisotopic (exact) mass is 298 g/mol. The van der Waals surface area contributed by atoms with Gasteiger partial charge in [0.2, 0.25) is 0 Å². The minimum absolute atomic E-state index is 0.0121. The third-order valence-electron chi connectivity index (χ3n) is 4.20. The van der Waals surface area contributed by atoms with Crippen molar-refractivity contribution in [2.45, 2.75) is 71.3 Å². The molecule has 5 heteroatoms. The highest BCUT2D eigenvalue weighted by atomic mass is 16.4. The number of nitrogens with zero attached hydrogens (tertiary/aromatic N) is 1. The summed E-state index contributed by atoms with van der Waals surface area (Å²) >= 11 is 0. The van der Waals surface area contributed by atoms with Crippen LogP contribution in [0.15, 0.2) is 0 Å². The number of urea groups is 1. The first kappa shape index (κ1) is 17.8. The van der Waals surface area contributed by atoms with Crippen LogP contribution in [0.4, 0.5) is 4.79 Å². The normalized spacial score (nSPS) is 21.8. The van der Waals surface area contributed by atoms with Gasteiger partial charge in [-0.3, -0.25) is 4.79 Å². The first-order valence-corrected chi connectivity index (χ1v) is 8.36. The van der Waals surface area contributed by atoms with Gasteiger partial charge in [-0.25, -0.2) is 4.79 Å². The van der Waals surface area contributed by atoms with Crippen LogP contribution in [0.5, 0.6) is 0 Å². The number of carboxylic acid groups (broad SMARTS) is 1. The topological polar surface area (TPSA) is 69.6 Å². The van der Waals surface area contributed by atoms with Crippen LogP contribution in [0.25, 0.3) is 0 Å². The van der Waals surface area contributed by atoms with E-state index in [0.29, 0.717) is 6.42 Å². The van der Waals surface area contributed by atoms with E-state index in [1.54, 1.807) is 0 Å². The minimum atomic E-state index is -0.734. The van der Waals surface area contributed by atoms with Crippen molar-refractivity contribution in [1.82, 2.24) is 10.2 Å². The van der Waals surface area contributed by atoms with Gasteiger partial charge in [-0.1, -0.05) is 33.1 Å². The van der Waals surface area contributed by atoms with Gasteiger partial charge in [-0.05, 0) is 32.1 Å². The molecule has 2 atom stereocenters. The van der Waals surface area contributed by atoms with Crippen molar-refractivity contribution in [3.05, 3.63) is 0 Å². The number of hydrogen-bond acceptors (Lipinski definition) is 2. The van der Waals surface area contributed by atoms with Crippen LogP contribution in [0.2, 0.25) is 0 Å². The number of hydrogen-bond donors (Lipinski definition) is 2. The van der Waals surface area contributed by atoms with Gasteiger partial charge < -0.3 is 15.3 Å². The van der Waals surface area contributed by atoms with E-state index in [1.807, 2.05) is 4.90 Å². The molecule has 2 unspecified atom stereocenters. The minimum Gasteiger partial charge on any atom is -0.481 e. The molecule has 1 aliphatic rings. The van der Waals surface area contributed by atoms with Crippen LogP contribution >= 0.6 is 0 Å². The highest BCUT2D eigenvalue weighted by Crippen LogP contribution is 2.24. The molecule has 0 aromatic heterocycles. The number of carboxylic acids is 1. The number of unbranched alkanes of at least 4 members (excludes halogenated alkanes) is 2. The molecular weight excluding hydrogens is 268 g/mol. The molecule has 0 heterocycles. The summed E-state index contributed by atoms with van der Waals surface area (Å²) in [7, 11) is 0. The molecule has 0 aromatic rings. The smallest absolute Gasteiger partial charge is 0.317 e. The van der Waals surface area contributed by atoms with Crippen LogP contribution in [0, 0.1) is 5.92 Å². The first-order valence-electron chi connectivity index (χ1n) is 8.36. The number of aliphatic carboxylic acids is 1. The van der Waals surface area contributed by atoms with Crippen LogP contribution in [0.3, 0.4) is 0 Å². The molecule has 1 saturated carbocycles. The summed E-state index contributed by atoms with van der Waals surface area (Å²) in [5.41, 5.74) is 0. The molecule has 0 aliphatic heterocycles. The second kappa shape index (κ2) is 9.64. The van der Waals surface area contributed by atoms with Gasteiger partial charge in [0.15, 0.2) is 0 Å². The Balaban J connectivity index is 2.48. The van der Waals surface area contributed by atoms with Crippen molar-refractivity contribution >= 4 is 12.0 Å². The van der Waals surface area contributed by atoms with Crippen molar-refractivity contribution in [1.29, 1.82) is 0 Å². The standard InChI is InChI=1S/C16H30N2O3/c1-3-5-10-18(11-6-4-2)16(21)17-14-9-7-8-13(12-14)15(19)20/h13-14H,3-12H2,1-2H3,(H,17,21)(H,19,20). The fourth-order valence-corrected chi connectivity index (χ4v) is 2.82. The molecule has 0 bridgehead atoms. The van der Waals surface area contributed by atoms with Crippen molar-refractivity contribution < 1.29 is 14.7 Å². The van der Waals surface area contributed by atoms with E-state index in [4.69, 9.17) is 5.11 Å². The number of carbonyl (C=O) groups excluding carboxylic acids is 1. The average Bonchev–Trinajstić information content (AvgIpc) is 2.47. The Morgan fingerprint density at radius 3 is 2.29 bits per heavy atom. The number of carbonyl (C=O) groups is 2. The zero-order chi connectivity index (χ0) is 15.7. The van der Waals surface area contributed by atoms with E-state index in [-0.39, 0.29) is 18.0 Å². The Kier molecular flexibility index (Phi) is 8.16. The van der Waals surface area contributed by atoms with Gasteiger partial charge in [-0.2, -0.15) is 0 Å². The lowest BCUT2D eigenvalue weighted by Crippen LogP contribution is -2.47. The Morgan fingerprint density at radius 2 is 1.76 bits per heavy atom. The predicted molar refractivity (Wildman–Crippen MR) is 83.3 cm³/mol. The molecule has 1 aliphatic carbocycles. The third-order valence-corrected chi connectivity index (χ3v) is 4.20. The number of nitrogens with one attached hydrogen (secondary N) is 1. The van der Waals surface area contributed by atoms with Crippen LogP contribution in [-0.4, -0.2) is 41.1 Å². The van der Waals surface area contributed by atoms with Gasteiger partial charge in [0.25, 0.3) is 0 Å². The second-order valence-corrected chi connectivity index (χ2v) is 6.04. The fraction of sp³-hybridized carbons (Fsp3) is 0.875. The fourth-order valence-electron chi connectivity index (χ4n) is 2.82. The quantitative estimate of drug-likeness (QED) is 0.722. The lowest BCUT2D eigenvalue weighted by molar-refractivity contribution is -0.143. The highest BCUT2D eigenvalue weighted by Gasteiger charge is 2.28. The SMILES string of the molecule is CCCCN(CCCC)C(=O)NC1CCCC(C(=O)O)C1. The summed E-state index contributed by atoms with van der Waals surface area (Å²) < 4.78 is 0. The van der Waals surface area contributed by atoms with E-state index in [9.17, 15) is 9.59 Å². The Bertz CT molecular complexity index is 325. The van der Waals surface area contributed by atoms with E-state index in [1.165, 1.54) is 0 Å². The maximum absolute atomic E-state index is 12.4. The Morgan fingerprint density at radius 1 is 1.14 bits per heavy atom. The number of amides is 2. The van der Waals surface area contributed by atoms with Crippen LogP contribution in [0.1, 0.15) is 65.2 Å². The summed E-state index contributed by atoms with van der Waals surface area (Å²) in [4.78, 5) is 25.3. The maximum atomic E-state index is 12.4. The molecule has 1 rings (SSSR count). The predicted octanol–water partition coefficient (Wildman–Crippen LogP) is 3.24. The van der Waals surface area contributed by atoms with Gasteiger partial charge in [0, 0.05) is 19.1 Å². The molecule has 21 heavy (non-hydrogen) atoms. The molecule has 0 aromatic carbocycles. The van der Waals surface area contributed by atoms with Gasteiger partial charge in [0.1, 0.15) is 0 Å². The summed E-state index contributed by atoms with van der Waals surface area (Å²) in [6, 6.07) is -0.00829. The second-order valence-electron chi connectivity index (χ2n) is 6.04. The van der Waals surface area contributed by atoms with Crippen molar-refractivity contribution in [2.75, 3.05) is 13.1 Å². The van der Waals surface area contributed by atoms with Crippen molar-refractivity contribution in [3.8, 4) is 0 Å². The lowest BCUT2D eigenvalue weighted by atomic mass is 9.86. The van der Waals surface area contributed by atoms with Gasteiger partial charge in [0.05, 0.1) is 5.92 Å². The summed E-state index contributed by atoms with van der Waals surface area (Å²) in [6.07, 6.45) is 7.24. The zero-order valence-corrected chi connectivity index (χ0v) is 13.4. The molecule has 1 fully saturated rings. The molecule has 0 saturated heterocycles. The maximum Gasteiger partial charge on any atom is 0.317 e. The number of rotatable bonds is 8. The van der Waals surface area contributed by atoms with E-state index < -0.39 is 5.97 Å². The molecule has 2 N–H and O–H groups in total. The Labute approximate surface area is 128 Å². The summed E-state index contributed by atoms with van der Waals surface area (Å²) in [6.45, 7) is 5.82. The van der Waals surface area contributed by atoms with E-state index in [0.717, 1.165) is 58.0 Å². The summed E-state index contributed by atoms with van der Waals surface area (Å²) in [5, 5.41) is 12.2. The van der Waals surface area contributed by atoms with Crippen LogP contribution < -0.4 is 5.32 Å². The summed E-state index contributed by atoms with van der Waals surface area (Å²) in [5.74, 6) is -1.04. The molecule has 0 radical (unpaired) electrons. The lowest BCUT2D eigenvalue weighted by Gasteiger charge is -2.30. The Hall–Kier alpha value is -1.26. The van der Waals surface area contributed by atoms with E-state index in [2.05, 4.69) is 19.2 Å². The molecule has 122 valence electrons. The van der Waals surface area contributed by atoms with Crippen molar-refractivity contribution in [2.24, 2.45) is 5.92 Å².